The number of nitrogens with zero attached hydrogens (tertiary/aromatic N) is 2. The molecule has 0 amide bonds. The molecule has 0 saturated carbocycles. The lowest BCUT2D eigenvalue weighted by molar-refractivity contribution is -0.138. The van der Waals surface area contributed by atoms with E-state index in [-0.39, 0.29) is 5.56 Å². The molecule has 0 fully saturated rings. The fourth-order valence-electron chi connectivity index (χ4n) is 1.57. The molecule has 1 aromatic rings. The lowest BCUT2D eigenvalue weighted by atomic mass is 9.87. The van der Waals surface area contributed by atoms with E-state index in [4.69, 9.17) is 5.73 Å². The molecule has 3 nitrogen and oxygen atoms in total. The summed E-state index contributed by atoms with van der Waals surface area (Å²) in [6.07, 6.45) is -2.10. The third-order valence-electron chi connectivity index (χ3n) is 3.41. The van der Waals surface area contributed by atoms with Gasteiger partial charge in [-0.05, 0) is 34.0 Å². The second-order valence-electron chi connectivity index (χ2n) is 4.99. The van der Waals surface area contributed by atoms with Crippen molar-refractivity contribution in [3.8, 4) is 0 Å². The van der Waals surface area contributed by atoms with Crippen LogP contribution in [-0.4, -0.2) is 29.5 Å². The molecule has 0 aromatic carbocycles. The molecule has 102 valence electrons. The molecule has 0 saturated heterocycles. The highest BCUT2D eigenvalue weighted by atomic mass is 19.4. The summed E-state index contributed by atoms with van der Waals surface area (Å²) in [7, 11) is 3.56. The summed E-state index contributed by atoms with van der Waals surface area (Å²) in [5.41, 5.74) is 4.68. The summed E-state index contributed by atoms with van der Waals surface area (Å²) in [5.74, 6) is 0. The number of hydrogen-bond donors (Lipinski definition) is 1. The van der Waals surface area contributed by atoms with Crippen LogP contribution in [0.25, 0.3) is 0 Å². The van der Waals surface area contributed by atoms with Gasteiger partial charge >= 0.3 is 6.18 Å². The zero-order valence-corrected chi connectivity index (χ0v) is 10.9. The van der Waals surface area contributed by atoms with Gasteiger partial charge in [-0.3, -0.25) is 4.98 Å². The predicted octanol–water partition coefficient (Wildman–Crippen LogP) is 2.44. The molecule has 1 atom stereocenters. The van der Waals surface area contributed by atoms with Crippen molar-refractivity contribution < 1.29 is 13.2 Å². The average molecular weight is 261 g/mol. The van der Waals surface area contributed by atoms with E-state index in [9.17, 15) is 13.2 Å². The Morgan fingerprint density at radius 2 is 1.83 bits per heavy atom. The molecule has 6 heteroatoms. The molecule has 0 radical (unpaired) electrons. The van der Waals surface area contributed by atoms with E-state index < -0.39 is 23.3 Å². The van der Waals surface area contributed by atoms with E-state index in [2.05, 4.69) is 4.98 Å². The molecule has 2 N–H and O–H groups in total. The Morgan fingerprint density at radius 3 is 2.28 bits per heavy atom. The van der Waals surface area contributed by atoms with Gasteiger partial charge in [0.05, 0.1) is 5.56 Å². The van der Waals surface area contributed by atoms with Crippen LogP contribution in [0.3, 0.4) is 0 Å². The Kier molecular flexibility index (Phi) is 4.02. The van der Waals surface area contributed by atoms with Crippen LogP contribution in [-0.2, 0) is 6.18 Å². The number of aromatic nitrogens is 1. The topological polar surface area (TPSA) is 42.1 Å². The molecule has 1 aromatic heterocycles. The van der Waals surface area contributed by atoms with E-state index in [1.54, 1.807) is 32.8 Å². The van der Waals surface area contributed by atoms with Crippen molar-refractivity contribution in [3.63, 3.8) is 0 Å². The van der Waals surface area contributed by atoms with Gasteiger partial charge in [0.2, 0.25) is 0 Å². The van der Waals surface area contributed by atoms with Crippen LogP contribution >= 0.6 is 0 Å². The van der Waals surface area contributed by atoms with Crippen molar-refractivity contribution in [3.05, 3.63) is 29.6 Å². The van der Waals surface area contributed by atoms with Gasteiger partial charge in [0.1, 0.15) is 0 Å². The number of alkyl halides is 3. The predicted molar refractivity (Wildman–Crippen MR) is 63.9 cm³/mol. The van der Waals surface area contributed by atoms with E-state index in [1.165, 1.54) is 6.20 Å². The second kappa shape index (κ2) is 4.85. The van der Waals surface area contributed by atoms with Gasteiger partial charge in [-0.2, -0.15) is 13.2 Å². The van der Waals surface area contributed by atoms with Crippen molar-refractivity contribution in [2.75, 3.05) is 14.1 Å². The molecule has 1 unspecified atom stereocenters. The Bertz CT molecular complexity index is 413. The lowest BCUT2D eigenvalue weighted by Gasteiger charge is -2.38. The van der Waals surface area contributed by atoms with Gasteiger partial charge in [-0.1, -0.05) is 0 Å². The Hall–Kier alpha value is -1.14. The van der Waals surface area contributed by atoms with E-state index in [0.717, 1.165) is 12.3 Å². The minimum absolute atomic E-state index is 0.0173. The van der Waals surface area contributed by atoms with Crippen LogP contribution in [0.2, 0.25) is 0 Å². The highest BCUT2D eigenvalue weighted by molar-refractivity contribution is 5.31. The highest BCUT2D eigenvalue weighted by Crippen LogP contribution is 2.37. The first-order valence-electron chi connectivity index (χ1n) is 5.52. The lowest BCUT2D eigenvalue weighted by Crippen LogP contribution is -2.47. The maximum Gasteiger partial charge on any atom is 0.416 e. The molecule has 1 rings (SSSR count). The van der Waals surface area contributed by atoms with Crippen molar-refractivity contribution in [2.24, 2.45) is 5.73 Å². The molecule has 0 bridgehead atoms. The summed E-state index contributed by atoms with van der Waals surface area (Å²) in [6, 6.07) is 0.179. The van der Waals surface area contributed by atoms with Gasteiger partial charge in [0, 0.05) is 29.5 Å². The SMILES string of the molecule is CN(C)C(C)(C)C(N)c1cnccc1C(F)(F)F. The standard InChI is InChI=1S/C12H18F3N3/c1-11(2,18(3)4)10(16)8-7-17-6-5-9(8)12(13,14)15/h5-7,10H,16H2,1-4H3. The summed E-state index contributed by atoms with van der Waals surface area (Å²) < 4.78 is 38.7. The fourth-order valence-corrected chi connectivity index (χ4v) is 1.57. The third kappa shape index (κ3) is 2.81. The maximum absolute atomic E-state index is 12.9. The number of pyridine rings is 1. The Morgan fingerprint density at radius 1 is 1.28 bits per heavy atom. The first-order valence-corrected chi connectivity index (χ1v) is 5.52. The quantitative estimate of drug-likeness (QED) is 0.908. The van der Waals surface area contributed by atoms with Gasteiger partial charge < -0.3 is 10.6 Å². The van der Waals surface area contributed by atoms with Crippen molar-refractivity contribution >= 4 is 0 Å². The molecule has 0 aliphatic carbocycles. The number of likely N-dealkylation sites (N-methyl/N-ethyl adjacent to an activating group) is 1. The van der Waals surface area contributed by atoms with Crippen LogP contribution in [0, 0.1) is 0 Å². The first kappa shape index (κ1) is 14.9. The molecule has 18 heavy (non-hydrogen) atoms. The number of rotatable bonds is 3. The molecular weight excluding hydrogens is 243 g/mol. The zero-order chi connectivity index (χ0) is 14.1. The number of halogens is 3. The summed E-state index contributed by atoms with van der Waals surface area (Å²) in [5, 5.41) is 0. The number of nitrogens with two attached hydrogens (primary N) is 1. The van der Waals surface area contributed by atoms with E-state index >= 15 is 0 Å². The van der Waals surface area contributed by atoms with Crippen LogP contribution in [0.15, 0.2) is 18.5 Å². The van der Waals surface area contributed by atoms with Crippen molar-refractivity contribution in [1.29, 1.82) is 0 Å². The minimum atomic E-state index is -4.42. The monoisotopic (exact) mass is 261 g/mol. The van der Waals surface area contributed by atoms with E-state index in [0.29, 0.717) is 0 Å². The molecule has 0 spiro atoms. The molecular formula is C12H18F3N3. The van der Waals surface area contributed by atoms with E-state index in [1.807, 2.05) is 0 Å². The van der Waals surface area contributed by atoms with Gasteiger partial charge in [0.25, 0.3) is 0 Å². The number of hydrogen-bond acceptors (Lipinski definition) is 3. The van der Waals surface area contributed by atoms with Crippen molar-refractivity contribution in [2.45, 2.75) is 31.6 Å². The maximum atomic E-state index is 12.9. The highest BCUT2D eigenvalue weighted by Gasteiger charge is 2.39. The second-order valence-corrected chi connectivity index (χ2v) is 4.99. The molecule has 0 aliphatic rings. The summed E-state index contributed by atoms with van der Waals surface area (Å²) in [6.45, 7) is 3.59. The van der Waals surface area contributed by atoms with Crippen LogP contribution in [0.4, 0.5) is 13.2 Å². The third-order valence-corrected chi connectivity index (χ3v) is 3.41. The summed E-state index contributed by atoms with van der Waals surface area (Å²) in [4.78, 5) is 5.55. The van der Waals surface area contributed by atoms with Crippen LogP contribution < -0.4 is 5.73 Å². The smallest absolute Gasteiger partial charge is 0.322 e. The summed E-state index contributed by atoms with van der Waals surface area (Å²) >= 11 is 0. The largest absolute Gasteiger partial charge is 0.416 e. The average Bonchev–Trinajstić information content (AvgIpc) is 2.26. The Labute approximate surface area is 105 Å². The molecule has 0 aliphatic heterocycles. The van der Waals surface area contributed by atoms with Gasteiger partial charge in [0.15, 0.2) is 0 Å². The van der Waals surface area contributed by atoms with Crippen LogP contribution in [0.1, 0.15) is 31.0 Å². The fraction of sp³-hybridized carbons (Fsp3) is 0.583. The molecule has 1 heterocycles. The van der Waals surface area contributed by atoms with Crippen molar-refractivity contribution in [1.82, 2.24) is 9.88 Å². The zero-order valence-electron chi connectivity index (χ0n) is 10.9. The first-order chi connectivity index (χ1) is 8.08. The van der Waals surface area contributed by atoms with Crippen LogP contribution in [0.5, 0.6) is 0 Å². The Balaban J connectivity index is 3.26. The normalized spacial score (nSPS) is 14.9. The minimum Gasteiger partial charge on any atom is -0.322 e. The van der Waals surface area contributed by atoms with Gasteiger partial charge in [-0.15, -0.1) is 0 Å². The van der Waals surface area contributed by atoms with Gasteiger partial charge in [-0.25, -0.2) is 0 Å².